The Labute approximate surface area is 132 Å². The fourth-order valence-electron chi connectivity index (χ4n) is 1.98. The van der Waals surface area contributed by atoms with Gasteiger partial charge in [-0.25, -0.2) is 5.43 Å². The van der Waals surface area contributed by atoms with Crippen LogP contribution in [0.3, 0.4) is 0 Å². The van der Waals surface area contributed by atoms with Crippen molar-refractivity contribution in [1.82, 2.24) is 5.43 Å². The lowest BCUT2D eigenvalue weighted by atomic mass is 10.1. The number of nitrogens with zero attached hydrogens (tertiary/aromatic N) is 2. The number of rotatable bonds is 5. The number of aryl methyl sites for hydroxylation is 1. The number of carbonyl (C=O) groups excluding carboxylic acids is 1. The van der Waals surface area contributed by atoms with E-state index in [9.17, 15) is 20.0 Å². The highest BCUT2D eigenvalue weighted by Gasteiger charge is 2.08. The van der Waals surface area contributed by atoms with Crippen molar-refractivity contribution < 1.29 is 14.8 Å². The first kappa shape index (κ1) is 16.2. The molecule has 7 heteroatoms. The zero-order chi connectivity index (χ0) is 16.8. The standard InChI is InChI=1S/C16H15N3O4/c1-11-7-14(19(22)23)9-13(16(11)21)10-17-18-15(20)8-12-5-3-2-4-6-12/h2-7,9-10,21H,8H2,1H3,(H,18,20)/p-1/b17-10-. The van der Waals surface area contributed by atoms with Crippen LogP contribution in [0.5, 0.6) is 5.75 Å². The Morgan fingerprint density at radius 3 is 2.65 bits per heavy atom. The predicted octanol–water partition coefficient (Wildman–Crippen LogP) is 1.67. The van der Waals surface area contributed by atoms with Crippen molar-refractivity contribution in [3.05, 3.63) is 69.3 Å². The summed E-state index contributed by atoms with van der Waals surface area (Å²) in [7, 11) is 0. The summed E-state index contributed by atoms with van der Waals surface area (Å²) < 4.78 is 0. The fourth-order valence-corrected chi connectivity index (χ4v) is 1.98. The summed E-state index contributed by atoms with van der Waals surface area (Å²) in [5.74, 6) is -0.710. The van der Waals surface area contributed by atoms with Crippen LogP contribution in [-0.4, -0.2) is 17.0 Å². The Kier molecular flexibility index (Phi) is 5.03. The molecule has 0 bridgehead atoms. The second-order valence-corrected chi connectivity index (χ2v) is 4.89. The molecular formula is C16H14N3O4-. The molecule has 0 spiro atoms. The predicted molar refractivity (Wildman–Crippen MR) is 83.2 cm³/mol. The van der Waals surface area contributed by atoms with Gasteiger partial charge in [-0.15, -0.1) is 0 Å². The summed E-state index contributed by atoms with van der Waals surface area (Å²) >= 11 is 0. The zero-order valence-corrected chi connectivity index (χ0v) is 12.4. The number of hydrazone groups is 1. The second-order valence-electron chi connectivity index (χ2n) is 4.89. The van der Waals surface area contributed by atoms with E-state index in [2.05, 4.69) is 10.5 Å². The van der Waals surface area contributed by atoms with E-state index >= 15 is 0 Å². The number of carbonyl (C=O) groups is 1. The Morgan fingerprint density at radius 1 is 1.30 bits per heavy atom. The number of nitro benzene ring substituents is 1. The van der Waals surface area contributed by atoms with Crippen molar-refractivity contribution in [3.63, 3.8) is 0 Å². The normalized spacial score (nSPS) is 10.7. The molecule has 0 aliphatic rings. The number of hydrogen-bond acceptors (Lipinski definition) is 5. The topological polar surface area (TPSA) is 108 Å². The number of non-ortho nitro benzene ring substituents is 1. The van der Waals surface area contributed by atoms with E-state index < -0.39 is 4.92 Å². The van der Waals surface area contributed by atoms with E-state index in [0.29, 0.717) is 0 Å². The first-order chi connectivity index (χ1) is 11.0. The van der Waals surface area contributed by atoms with Gasteiger partial charge in [-0.1, -0.05) is 41.6 Å². The molecule has 2 aromatic carbocycles. The molecule has 0 fully saturated rings. The Morgan fingerprint density at radius 2 is 2.00 bits per heavy atom. The molecular weight excluding hydrogens is 298 g/mol. The number of amides is 1. The second kappa shape index (κ2) is 7.17. The van der Waals surface area contributed by atoms with Crippen molar-refractivity contribution in [2.45, 2.75) is 13.3 Å². The summed E-state index contributed by atoms with van der Waals surface area (Å²) in [6.07, 6.45) is 1.27. The molecule has 0 unspecified atom stereocenters. The molecule has 2 aromatic rings. The molecule has 2 rings (SSSR count). The Hall–Kier alpha value is -3.22. The molecule has 0 atom stereocenters. The van der Waals surface area contributed by atoms with E-state index in [0.717, 1.165) is 17.8 Å². The molecule has 1 N–H and O–H groups in total. The minimum atomic E-state index is -0.586. The van der Waals surface area contributed by atoms with Crippen LogP contribution < -0.4 is 10.5 Å². The van der Waals surface area contributed by atoms with E-state index in [1.807, 2.05) is 30.3 Å². The van der Waals surface area contributed by atoms with Crippen LogP contribution in [-0.2, 0) is 11.2 Å². The highest BCUT2D eigenvalue weighted by molar-refractivity contribution is 5.86. The maximum absolute atomic E-state index is 11.9. The molecule has 1 amide bonds. The van der Waals surface area contributed by atoms with E-state index in [-0.39, 0.29) is 34.9 Å². The van der Waals surface area contributed by atoms with Crippen LogP contribution in [0.25, 0.3) is 0 Å². The number of hydrogen-bond donors (Lipinski definition) is 1. The minimum absolute atomic E-state index is 0.0525. The van der Waals surface area contributed by atoms with Gasteiger partial charge in [0.05, 0.1) is 17.6 Å². The molecule has 0 aliphatic heterocycles. The lowest BCUT2D eigenvalue weighted by Gasteiger charge is -2.13. The molecule has 0 heterocycles. The van der Waals surface area contributed by atoms with E-state index in [4.69, 9.17) is 0 Å². The zero-order valence-electron chi connectivity index (χ0n) is 12.4. The van der Waals surface area contributed by atoms with Gasteiger partial charge in [-0.2, -0.15) is 5.10 Å². The molecule has 23 heavy (non-hydrogen) atoms. The molecule has 0 saturated carbocycles. The molecule has 0 aromatic heterocycles. The third kappa shape index (κ3) is 4.37. The largest absolute Gasteiger partial charge is 0.872 e. The van der Waals surface area contributed by atoms with E-state index in [1.54, 1.807) is 0 Å². The maximum atomic E-state index is 11.9. The quantitative estimate of drug-likeness (QED) is 0.514. The number of nitro groups is 1. The smallest absolute Gasteiger partial charge is 0.270 e. The van der Waals surface area contributed by atoms with Crippen LogP contribution >= 0.6 is 0 Å². The van der Waals surface area contributed by atoms with Crippen LogP contribution in [0.4, 0.5) is 5.69 Å². The summed E-state index contributed by atoms with van der Waals surface area (Å²) in [6.45, 7) is 1.49. The SMILES string of the molecule is Cc1cc([N+](=O)[O-])cc(/C=N\NC(=O)Cc2ccccc2)c1[O-]. The average Bonchev–Trinajstić information content (AvgIpc) is 2.52. The van der Waals surface area contributed by atoms with Gasteiger partial charge in [0.1, 0.15) is 0 Å². The first-order valence-electron chi connectivity index (χ1n) is 6.79. The Balaban J connectivity index is 2.05. The molecule has 7 nitrogen and oxygen atoms in total. The summed E-state index contributed by atoms with van der Waals surface area (Å²) in [5, 5.41) is 26.4. The molecule has 118 valence electrons. The van der Waals surface area contributed by atoms with Crippen molar-refractivity contribution in [2.75, 3.05) is 0 Å². The van der Waals surface area contributed by atoms with Gasteiger partial charge in [-0.05, 0) is 18.1 Å². The van der Waals surface area contributed by atoms with Gasteiger partial charge in [0.2, 0.25) is 5.91 Å². The highest BCUT2D eigenvalue weighted by atomic mass is 16.6. The van der Waals surface area contributed by atoms with Gasteiger partial charge >= 0.3 is 0 Å². The van der Waals surface area contributed by atoms with Crippen LogP contribution in [0.15, 0.2) is 47.6 Å². The molecule has 0 saturated heterocycles. The monoisotopic (exact) mass is 312 g/mol. The number of nitrogens with one attached hydrogen (secondary N) is 1. The lowest BCUT2D eigenvalue weighted by molar-refractivity contribution is -0.385. The van der Waals surface area contributed by atoms with Gasteiger partial charge in [-0.3, -0.25) is 14.9 Å². The van der Waals surface area contributed by atoms with Gasteiger partial charge < -0.3 is 5.11 Å². The first-order valence-corrected chi connectivity index (χ1v) is 6.79. The van der Waals surface area contributed by atoms with Gasteiger partial charge in [0.15, 0.2) is 0 Å². The summed E-state index contributed by atoms with van der Waals surface area (Å²) in [5.41, 5.74) is 3.23. The average molecular weight is 312 g/mol. The Bertz CT molecular complexity index is 757. The van der Waals surface area contributed by atoms with Crippen molar-refractivity contribution in [3.8, 4) is 5.75 Å². The van der Waals surface area contributed by atoms with Crippen LogP contribution in [0.1, 0.15) is 16.7 Å². The van der Waals surface area contributed by atoms with Gasteiger partial charge in [0.25, 0.3) is 5.69 Å². The van der Waals surface area contributed by atoms with Crippen LogP contribution in [0.2, 0.25) is 0 Å². The highest BCUT2D eigenvalue weighted by Crippen LogP contribution is 2.24. The van der Waals surface area contributed by atoms with Crippen molar-refractivity contribution >= 4 is 17.8 Å². The van der Waals surface area contributed by atoms with Crippen molar-refractivity contribution in [2.24, 2.45) is 5.10 Å². The molecule has 0 radical (unpaired) electrons. The van der Waals surface area contributed by atoms with Crippen LogP contribution in [0, 0.1) is 17.0 Å². The van der Waals surface area contributed by atoms with Gasteiger partial charge in [0, 0.05) is 12.1 Å². The lowest BCUT2D eigenvalue weighted by Crippen LogP contribution is -2.19. The summed E-state index contributed by atoms with van der Waals surface area (Å²) in [6, 6.07) is 11.4. The number of benzene rings is 2. The minimum Gasteiger partial charge on any atom is -0.872 e. The molecule has 0 aliphatic carbocycles. The summed E-state index contributed by atoms with van der Waals surface area (Å²) in [4.78, 5) is 21.9. The fraction of sp³-hybridized carbons (Fsp3) is 0.125. The van der Waals surface area contributed by atoms with E-state index in [1.165, 1.54) is 13.0 Å². The third-order valence-corrected chi connectivity index (χ3v) is 3.10. The maximum Gasteiger partial charge on any atom is 0.270 e. The van der Waals surface area contributed by atoms with Crippen molar-refractivity contribution in [1.29, 1.82) is 0 Å². The third-order valence-electron chi connectivity index (χ3n) is 3.10.